The lowest BCUT2D eigenvalue weighted by atomic mass is 9.76. The van der Waals surface area contributed by atoms with Crippen LogP contribution in [-0.2, 0) is 22.9 Å². The number of aryl methyl sites for hydroxylation is 1. The number of rotatable bonds is 5. The Balaban J connectivity index is 1.82. The van der Waals surface area contributed by atoms with Crippen molar-refractivity contribution in [2.75, 3.05) is 11.8 Å². The molecule has 1 aliphatic carbocycles. The molecule has 0 amide bonds. The van der Waals surface area contributed by atoms with Crippen molar-refractivity contribution in [2.24, 2.45) is 5.41 Å². The molecule has 0 atom stereocenters. The van der Waals surface area contributed by atoms with Gasteiger partial charge in [0.2, 0.25) is 0 Å². The molecule has 0 unspecified atom stereocenters. The summed E-state index contributed by atoms with van der Waals surface area (Å²) in [6.45, 7) is 6.06. The van der Waals surface area contributed by atoms with Crippen molar-refractivity contribution in [3.05, 3.63) is 53.2 Å². The fourth-order valence-electron chi connectivity index (χ4n) is 4.26. The third-order valence-corrected chi connectivity index (χ3v) is 7.09. The normalized spacial score (nSPS) is 15.8. The minimum absolute atomic E-state index is 0.110. The zero-order chi connectivity index (χ0) is 21.7. The third-order valence-electron chi connectivity index (χ3n) is 5.62. The number of anilines is 1. The minimum atomic E-state index is -3.82. The standard InChI is InChI=1S/C23H26N2O4S/c1-5-14-9-17-18(24-19-12-23(2,3)13-20(26)22(17)19)11-21(14)30(27,28)25-15-7-6-8-16(10-15)29-4/h6-11,24-25H,5,12-13H2,1-4H3. The van der Waals surface area contributed by atoms with Crippen LogP contribution in [0.4, 0.5) is 5.69 Å². The Bertz CT molecular complexity index is 1260. The predicted octanol–water partition coefficient (Wildman–Crippen LogP) is 4.69. The van der Waals surface area contributed by atoms with E-state index >= 15 is 0 Å². The van der Waals surface area contributed by atoms with Crippen LogP contribution in [-0.4, -0.2) is 26.3 Å². The molecule has 0 aliphatic heterocycles. The Hall–Kier alpha value is -2.80. The maximum atomic E-state index is 13.2. The zero-order valence-electron chi connectivity index (χ0n) is 17.6. The number of methoxy groups -OCH3 is 1. The Morgan fingerprint density at radius 3 is 2.63 bits per heavy atom. The summed E-state index contributed by atoms with van der Waals surface area (Å²) in [4.78, 5) is 16.3. The van der Waals surface area contributed by atoms with Crippen LogP contribution in [0, 0.1) is 5.41 Å². The molecule has 2 N–H and O–H groups in total. The van der Waals surface area contributed by atoms with E-state index in [0.717, 1.165) is 17.5 Å². The van der Waals surface area contributed by atoms with Crippen molar-refractivity contribution in [3.8, 4) is 5.75 Å². The van der Waals surface area contributed by atoms with E-state index in [1.165, 1.54) is 7.11 Å². The number of Topliss-reactive ketones (excluding diaryl/α,β-unsaturated/α-hetero) is 1. The highest BCUT2D eigenvalue weighted by atomic mass is 32.2. The SMILES string of the molecule is CCc1cc2c3c([nH]c2cc1S(=O)(=O)Nc1cccc(OC)c1)CC(C)(C)CC3=O. The Morgan fingerprint density at radius 1 is 1.17 bits per heavy atom. The number of benzene rings is 2. The molecule has 0 fully saturated rings. The molecule has 158 valence electrons. The molecule has 0 saturated carbocycles. The van der Waals surface area contributed by atoms with Gasteiger partial charge in [0.1, 0.15) is 5.75 Å². The number of nitrogens with one attached hydrogen (secondary N) is 2. The highest BCUT2D eigenvalue weighted by molar-refractivity contribution is 7.92. The smallest absolute Gasteiger partial charge is 0.262 e. The van der Waals surface area contributed by atoms with Crippen molar-refractivity contribution in [1.29, 1.82) is 0 Å². The summed E-state index contributed by atoms with van der Waals surface area (Å²) >= 11 is 0. The van der Waals surface area contributed by atoms with Crippen LogP contribution in [0.5, 0.6) is 5.75 Å². The third kappa shape index (κ3) is 3.58. The Kier molecular flexibility index (Phi) is 4.89. The lowest BCUT2D eigenvalue weighted by molar-refractivity contribution is 0.0913. The number of aromatic amines is 1. The van der Waals surface area contributed by atoms with Gasteiger partial charge in [0.25, 0.3) is 10.0 Å². The first kappa shape index (κ1) is 20.5. The number of hydrogen-bond donors (Lipinski definition) is 2. The summed E-state index contributed by atoms with van der Waals surface area (Å²) in [6.07, 6.45) is 1.78. The summed E-state index contributed by atoms with van der Waals surface area (Å²) in [5.41, 5.74) is 3.28. The Morgan fingerprint density at radius 2 is 1.93 bits per heavy atom. The van der Waals surface area contributed by atoms with Crippen molar-refractivity contribution in [1.82, 2.24) is 4.98 Å². The number of carbonyl (C=O) groups excluding carboxylic acids is 1. The van der Waals surface area contributed by atoms with Crippen LogP contribution in [0.1, 0.15) is 48.8 Å². The largest absolute Gasteiger partial charge is 0.497 e. The molecular formula is C23H26N2O4S. The van der Waals surface area contributed by atoms with E-state index in [2.05, 4.69) is 23.6 Å². The number of fused-ring (bicyclic) bond motifs is 3. The van der Waals surface area contributed by atoms with E-state index in [4.69, 9.17) is 4.74 Å². The van der Waals surface area contributed by atoms with Crippen molar-refractivity contribution >= 4 is 32.4 Å². The van der Waals surface area contributed by atoms with Crippen LogP contribution in [0.15, 0.2) is 41.3 Å². The molecule has 1 heterocycles. The molecular weight excluding hydrogens is 400 g/mol. The molecule has 4 rings (SSSR count). The summed E-state index contributed by atoms with van der Waals surface area (Å²) in [5, 5.41) is 0.808. The second kappa shape index (κ2) is 7.16. The van der Waals surface area contributed by atoms with Crippen LogP contribution < -0.4 is 9.46 Å². The highest BCUT2D eigenvalue weighted by Gasteiger charge is 2.34. The fourth-order valence-corrected chi connectivity index (χ4v) is 5.63. The molecule has 0 radical (unpaired) electrons. The average Bonchev–Trinajstić information content (AvgIpc) is 3.02. The highest BCUT2D eigenvalue weighted by Crippen LogP contribution is 2.39. The first-order valence-electron chi connectivity index (χ1n) is 10.0. The van der Waals surface area contributed by atoms with Crippen molar-refractivity contribution < 1.29 is 17.9 Å². The molecule has 7 heteroatoms. The van der Waals surface area contributed by atoms with Crippen LogP contribution >= 0.6 is 0 Å². The van der Waals surface area contributed by atoms with E-state index < -0.39 is 10.0 Å². The van der Waals surface area contributed by atoms with Gasteiger partial charge in [-0.2, -0.15) is 0 Å². The lowest BCUT2D eigenvalue weighted by Gasteiger charge is -2.28. The first-order chi connectivity index (χ1) is 14.1. The minimum Gasteiger partial charge on any atom is -0.497 e. The van der Waals surface area contributed by atoms with Gasteiger partial charge < -0.3 is 9.72 Å². The Labute approximate surface area is 176 Å². The van der Waals surface area contributed by atoms with E-state index in [1.54, 1.807) is 30.3 Å². The quantitative estimate of drug-likeness (QED) is 0.619. The van der Waals surface area contributed by atoms with Gasteiger partial charge in [-0.1, -0.05) is 26.8 Å². The molecule has 1 aromatic heterocycles. The second-order valence-electron chi connectivity index (χ2n) is 8.62. The molecule has 30 heavy (non-hydrogen) atoms. The molecule has 0 bridgehead atoms. The van der Waals surface area contributed by atoms with E-state index in [-0.39, 0.29) is 16.1 Å². The van der Waals surface area contributed by atoms with Crippen molar-refractivity contribution in [2.45, 2.75) is 44.9 Å². The summed E-state index contributed by atoms with van der Waals surface area (Å²) < 4.78 is 34.2. The summed E-state index contributed by atoms with van der Waals surface area (Å²) in [7, 11) is -2.29. The number of aromatic nitrogens is 1. The number of sulfonamides is 1. The van der Waals surface area contributed by atoms with Crippen LogP contribution in [0.25, 0.3) is 10.9 Å². The topological polar surface area (TPSA) is 88.3 Å². The molecule has 0 saturated heterocycles. The van der Waals surface area contributed by atoms with Gasteiger partial charge in [-0.05, 0) is 48.1 Å². The van der Waals surface area contributed by atoms with Crippen molar-refractivity contribution in [3.63, 3.8) is 0 Å². The van der Waals surface area contributed by atoms with Gasteiger partial charge in [-0.3, -0.25) is 9.52 Å². The van der Waals surface area contributed by atoms with Gasteiger partial charge in [0, 0.05) is 34.6 Å². The predicted molar refractivity (Wildman–Crippen MR) is 118 cm³/mol. The van der Waals surface area contributed by atoms with Gasteiger partial charge >= 0.3 is 0 Å². The molecule has 3 aromatic rings. The molecule has 0 spiro atoms. The second-order valence-corrected chi connectivity index (χ2v) is 10.3. The fraction of sp³-hybridized carbons (Fsp3) is 0.348. The van der Waals surface area contributed by atoms with E-state index in [9.17, 15) is 13.2 Å². The van der Waals surface area contributed by atoms with E-state index in [1.807, 2.05) is 13.0 Å². The van der Waals surface area contributed by atoms with Gasteiger partial charge in [-0.15, -0.1) is 0 Å². The first-order valence-corrected chi connectivity index (χ1v) is 11.5. The number of hydrogen-bond acceptors (Lipinski definition) is 4. The monoisotopic (exact) mass is 426 g/mol. The van der Waals surface area contributed by atoms with Gasteiger partial charge in [0.05, 0.1) is 17.7 Å². The average molecular weight is 427 g/mol. The maximum Gasteiger partial charge on any atom is 0.262 e. The lowest BCUT2D eigenvalue weighted by Crippen LogP contribution is -2.26. The van der Waals surface area contributed by atoms with Gasteiger partial charge in [0.15, 0.2) is 5.78 Å². The van der Waals surface area contributed by atoms with Gasteiger partial charge in [-0.25, -0.2) is 8.42 Å². The number of ketones is 1. The molecule has 6 nitrogen and oxygen atoms in total. The summed E-state index contributed by atoms with van der Waals surface area (Å²) in [5.74, 6) is 0.680. The zero-order valence-corrected chi connectivity index (χ0v) is 18.4. The van der Waals surface area contributed by atoms with Crippen LogP contribution in [0.3, 0.4) is 0 Å². The number of carbonyl (C=O) groups is 1. The number of ether oxygens (including phenoxy) is 1. The number of H-pyrrole nitrogens is 1. The van der Waals surface area contributed by atoms with E-state index in [0.29, 0.717) is 40.9 Å². The maximum absolute atomic E-state index is 13.2. The van der Waals surface area contributed by atoms with Crippen LogP contribution in [0.2, 0.25) is 0 Å². The summed E-state index contributed by atoms with van der Waals surface area (Å²) in [6, 6.07) is 10.3. The molecule has 2 aromatic carbocycles. The molecule has 1 aliphatic rings.